The molecule has 0 radical (unpaired) electrons. The van der Waals surface area contributed by atoms with Crippen molar-refractivity contribution in [2.75, 3.05) is 12.8 Å². The van der Waals surface area contributed by atoms with E-state index in [0.29, 0.717) is 18.0 Å². The van der Waals surface area contributed by atoms with Gasteiger partial charge < -0.3 is 5.32 Å². The smallest absolute Gasteiger partial charge is 0.251 e. The van der Waals surface area contributed by atoms with Crippen LogP contribution in [0.5, 0.6) is 0 Å². The first kappa shape index (κ1) is 18.2. The fourth-order valence-electron chi connectivity index (χ4n) is 2.60. The summed E-state index contributed by atoms with van der Waals surface area (Å²) in [4.78, 5) is 12.5. The number of nitrogens with one attached hydrogen (secondary N) is 1. The maximum atomic E-state index is 12.3. The van der Waals surface area contributed by atoms with Gasteiger partial charge in [0, 0.05) is 24.3 Å². The Morgan fingerprint density at radius 2 is 1.58 bits per heavy atom. The molecule has 128 valence electrons. The van der Waals surface area contributed by atoms with Crippen molar-refractivity contribution >= 4 is 15.7 Å². The molecule has 2 aromatic carbocycles. The zero-order valence-corrected chi connectivity index (χ0v) is 15.0. The summed E-state index contributed by atoms with van der Waals surface area (Å²) in [5.41, 5.74) is 1.65. The van der Waals surface area contributed by atoms with Crippen molar-refractivity contribution < 1.29 is 13.2 Å². The van der Waals surface area contributed by atoms with Crippen LogP contribution < -0.4 is 5.32 Å². The molecule has 0 aromatic heterocycles. The highest BCUT2D eigenvalue weighted by molar-refractivity contribution is 7.90. The van der Waals surface area contributed by atoms with E-state index in [1.165, 1.54) is 17.7 Å². The van der Waals surface area contributed by atoms with Gasteiger partial charge in [-0.2, -0.15) is 0 Å². The van der Waals surface area contributed by atoms with Gasteiger partial charge in [0.05, 0.1) is 4.90 Å². The Hall–Kier alpha value is -2.14. The molecule has 0 saturated heterocycles. The highest BCUT2D eigenvalue weighted by Gasteiger charge is 2.17. The number of carbonyl (C=O) groups excluding carboxylic acids is 1. The molecule has 2 rings (SSSR count). The van der Waals surface area contributed by atoms with E-state index in [4.69, 9.17) is 0 Å². The second-order valence-electron chi connectivity index (χ2n) is 6.27. The molecule has 0 spiro atoms. The maximum Gasteiger partial charge on any atom is 0.251 e. The van der Waals surface area contributed by atoms with Crippen molar-refractivity contribution in [3.63, 3.8) is 0 Å². The van der Waals surface area contributed by atoms with Crippen LogP contribution in [0, 0.1) is 5.92 Å². The van der Waals surface area contributed by atoms with Gasteiger partial charge in [-0.25, -0.2) is 8.42 Å². The molecule has 5 heteroatoms. The van der Waals surface area contributed by atoms with E-state index in [2.05, 4.69) is 31.3 Å². The van der Waals surface area contributed by atoms with Crippen LogP contribution in [0.25, 0.3) is 0 Å². The molecule has 0 unspecified atom stereocenters. The van der Waals surface area contributed by atoms with Crippen molar-refractivity contribution in [1.82, 2.24) is 5.32 Å². The molecular weight excluding hydrogens is 322 g/mol. The number of amides is 1. The Balaban J connectivity index is 2.06. The normalized spacial score (nSPS) is 12.8. The quantitative estimate of drug-likeness (QED) is 0.874. The Labute approximate surface area is 143 Å². The standard InChI is InChI=1S/C19H23NO3S/c1-14(2)18(15-7-5-4-6-8-15)13-20-19(21)16-9-11-17(12-10-16)24(3,22)23/h4-12,14,18H,13H2,1-3H3,(H,20,21)/t18-/m1/s1. The van der Waals surface area contributed by atoms with Gasteiger partial charge in [-0.05, 0) is 35.7 Å². The van der Waals surface area contributed by atoms with Gasteiger partial charge in [0.15, 0.2) is 9.84 Å². The third kappa shape index (κ3) is 4.68. The minimum absolute atomic E-state index is 0.198. The van der Waals surface area contributed by atoms with Crippen LogP contribution in [0.4, 0.5) is 0 Å². The van der Waals surface area contributed by atoms with Crippen LogP contribution in [0.15, 0.2) is 59.5 Å². The molecule has 0 heterocycles. The lowest BCUT2D eigenvalue weighted by Gasteiger charge is -2.22. The largest absolute Gasteiger partial charge is 0.351 e. The molecule has 0 fully saturated rings. The zero-order chi connectivity index (χ0) is 17.7. The molecule has 1 N–H and O–H groups in total. The van der Waals surface area contributed by atoms with Crippen molar-refractivity contribution in [1.29, 1.82) is 0 Å². The molecule has 0 saturated carbocycles. The monoisotopic (exact) mass is 345 g/mol. The molecule has 0 aliphatic rings. The summed E-state index contributed by atoms with van der Waals surface area (Å²) in [6.07, 6.45) is 1.15. The zero-order valence-electron chi connectivity index (χ0n) is 14.2. The predicted molar refractivity (Wildman–Crippen MR) is 95.9 cm³/mol. The lowest BCUT2D eigenvalue weighted by Crippen LogP contribution is -2.30. The minimum Gasteiger partial charge on any atom is -0.351 e. The van der Waals surface area contributed by atoms with Gasteiger partial charge in [-0.3, -0.25) is 4.79 Å². The van der Waals surface area contributed by atoms with Gasteiger partial charge in [0.25, 0.3) is 5.91 Å². The predicted octanol–water partition coefficient (Wildman–Crippen LogP) is 3.26. The van der Waals surface area contributed by atoms with E-state index in [1.54, 1.807) is 12.1 Å². The van der Waals surface area contributed by atoms with Gasteiger partial charge in [0.2, 0.25) is 0 Å². The van der Waals surface area contributed by atoms with Crippen LogP contribution in [0.1, 0.15) is 35.7 Å². The molecule has 0 bridgehead atoms. The fourth-order valence-corrected chi connectivity index (χ4v) is 3.23. The molecule has 0 aliphatic heterocycles. The minimum atomic E-state index is -3.25. The maximum absolute atomic E-state index is 12.3. The Morgan fingerprint density at radius 1 is 1.00 bits per heavy atom. The Morgan fingerprint density at radius 3 is 2.08 bits per heavy atom. The third-order valence-electron chi connectivity index (χ3n) is 4.06. The summed E-state index contributed by atoms with van der Waals surface area (Å²) < 4.78 is 22.9. The van der Waals surface area contributed by atoms with Gasteiger partial charge in [0.1, 0.15) is 0 Å². The van der Waals surface area contributed by atoms with Crippen LogP contribution in [0.3, 0.4) is 0 Å². The van der Waals surface area contributed by atoms with Crippen LogP contribution in [-0.2, 0) is 9.84 Å². The van der Waals surface area contributed by atoms with Gasteiger partial charge in [-0.15, -0.1) is 0 Å². The fraction of sp³-hybridized carbons (Fsp3) is 0.316. The number of rotatable bonds is 6. The van der Waals surface area contributed by atoms with Crippen molar-refractivity contribution in [3.8, 4) is 0 Å². The highest BCUT2D eigenvalue weighted by Crippen LogP contribution is 2.23. The lowest BCUT2D eigenvalue weighted by atomic mass is 9.88. The summed E-state index contributed by atoms with van der Waals surface area (Å²) >= 11 is 0. The van der Waals surface area contributed by atoms with Crippen LogP contribution in [-0.4, -0.2) is 27.1 Å². The number of hydrogen-bond acceptors (Lipinski definition) is 3. The summed E-state index contributed by atoms with van der Waals surface area (Å²) in [6, 6.07) is 16.1. The van der Waals surface area contributed by atoms with Crippen molar-refractivity contribution in [3.05, 3.63) is 65.7 Å². The van der Waals surface area contributed by atoms with E-state index in [-0.39, 0.29) is 16.7 Å². The molecular formula is C19H23NO3S. The van der Waals surface area contributed by atoms with E-state index in [1.807, 2.05) is 18.2 Å². The summed E-state index contributed by atoms with van der Waals surface area (Å²) in [5, 5.41) is 2.95. The summed E-state index contributed by atoms with van der Waals surface area (Å²) in [5.74, 6) is 0.419. The molecule has 2 aromatic rings. The van der Waals surface area contributed by atoms with Crippen molar-refractivity contribution in [2.24, 2.45) is 5.92 Å². The average Bonchev–Trinajstić information content (AvgIpc) is 2.55. The van der Waals surface area contributed by atoms with Crippen LogP contribution in [0.2, 0.25) is 0 Å². The highest BCUT2D eigenvalue weighted by atomic mass is 32.2. The van der Waals surface area contributed by atoms with E-state index in [0.717, 1.165) is 6.26 Å². The lowest BCUT2D eigenvalue weighted by molar-refractivity contribution is 0.0949. The number of benzene rings is 2. The number of hydrogen-bond donors (Lipinski definition) is 1. The van der Waals surface area contributed by atoms with Gasteiger partial charge >= 0.3 is 0 Å². The first-order chi connectivity index (χ1) is 11.3. The number of carbonyl (C=O) groups is 1. The second-order valence-corrected chi connectivity index (χ2v) is 8.28. The average molecular weight is 345 g/mol. The topological polar surface area (TPSA) is 63.2 Å². The van der Waals surface area contributed by atoms with Gasteiger partial charge in [-0.1, -0.05) is 44.2 Å². The SMILES string of the molecule is CC(C)[C@@H](CNC(=O)c1ccc(S(C)(=O)=O)cc1)c1ccccc1. The Bertz CT molecular complexity index is 781. The second kappa shape index (κ2) is 7.62. The number of sulfone groups is 1. The van der Waals surface area contributed by atoms with E-state index in [9.17, 15) is 13.2 Å². The van der Waals surface area contributed by atoms with E-state index >= 15 is 0 Å². The van der Waals surface area contributed by atoms with Crippen molar-refractivity contribution in [2.45, 2.75) is 24.7 Å². The summed E-state index contributed by atoms with van der Waals surface area (Å²) in [7, 11) is -3.25. The molecule has 1 amide bonds. The third-order valence-corrected chi connectivity index (χ3v) is 5.19. The molecule has 0 aliphatic carbocycles. The molecule has 4 nitrogen and oxygen atoms in total. The van der Waals surface area contributed by atoms with E-state index < -0.39 is 9.84 Å². The molecule has 1 atom stereocenters. The summed E-state index contributed by atoms with van der Waals surface area (Å²) in [6.45, 7) is 4.80. The first-order valence-electron chi connectivity index (χ1n) is 7.92. The Kier molecular flexibility index (Phi) is 5.78. The molecule has 24 heavy (non-hydrogen) atoms. The van der Waals surface area contributed by atoms with Crippen LogP contribution >= 0.6 is 0 Å². The first-order valence-corrected chi connectivity index (χ1v) is 9.81.